The van der Waals surface area contributed by atoms with Gasteiger partial charge in [-0.15, -0.1) is 0 Å². The molecule has 0 aliphatic heterocycles. The maximum Gasteiger partial charge on any atom is 0.136 e. The van der Waals surface area contributed by atoms with Crippen LogP contribution < -0.4 is 0 Å². The molecule has 1 heteroatoms. The van der Waals surface area contributed by atoms with Crippen LogP contribution in [0.1, 0.15) is 38.4 Å². The number of hydrogen-bond donors (Lipinski definition) is 0. The van der Waals surface area contributed by atoms with Crippen LogP contribution >= 0.6 is 0 Å². The molecule has 1 aromatic heterocycles. The van der Waals surface area contributed by atoms with Gasteiger partial charge in [-0.05, 0) is 107 Å². The zero-order valence-electron chi connectivity index (χ0n) is 51.4. The summed E-state index contributed by atoms with van der Waals surface area (Å²) >= 11 is 0. The van der Waals surface area contributed by atoms with Gasteiger partial charge >= 0.3 is 0 Å². The van der Waals surface area contributed by atoms with Crippen molar-refractivity contribution in [2.75, 3.05) is 0 Å². The van der Waals surface area contributed by atoms with Gasteiger partial charge in [-0.1, -0.05) is 139 Å². The highest BCUT2D eigenvalue weighted by Crippen LogP contribution is 2.46. The summed E-state index contributed by atoms with van der Waals surface area (Å²) in [5, 5.41) is -6.47. The summed E-state index contributed by atoms with van der Waals surface area (Å²) in [6.07, 6.45) is 0. The second-order valence-electron chi connectivity index (χ2n) is 10.3. The van der Waals surface area contributed by atoms with E-state index in [1.54, 1.807) is 0 Å². The van der Waals surface area contributed by atoms with Gasteiger partial charge in [0.2, 0.25) is 0 Å². The van der Waals surface area contributed by atoms with E-state index < -0.39 is 268 Å². The molecular formula is C46H28O. The molecule has 1 heterocycles. The van der Waals surface area contributed by atoms with E-state index in [9.17, 15) is 12.3 Å². The van der Waals surface area contributed by atoms with Crippen molar-refractivity contribution in [2.24, 2.45) is 0 Å². The average Bonchev–Trinajstić information content (AvgIpc) is 3.79. The number of rotatable bonds is 3. The predicted octanol–water partition coefficient (Wildman–Crippen LogP) is 13.2. The van der Waals surface area contributed by atoms with E-state index in [1.165, 1.54) is 0 Å². The Hall–Kier alpha value is -6.18. The lowest BCUT2D eigenvalue weighted by atomic mass is 9.84. The topological polar surface area (TPSA) is 13.1 Å². The quantitative estimate of drug-likeness (QED) is 0.178. The van der Waals surface area contributed by atoms with Gasteiger partial charge in [-0.2, -0.15) is 0 Å². The van der Waals surface area contributed by atoms with E-state index >= 15 is 0 Å². The van der Waals surface area contributed by atoms with Crippen LogP contribution in [0.5, 0.6) is 0 Å². The molecule has 0 saturated carbocycles. The Balaban J connectivity index is 1.56. The van der Waals surface area contributed by atoms with Crippen LogP contribution in [0.4, 0.5) is 0 Å². The van der Waals surface area contributed by atoms with Gasteiger partial charge in [0.25, 0.3) is 0 Å². The number of fused-ring (bicyclic) bond motifs is 8. The fourth-order valence-electron chi connectivity index (χ4n) is 5.83. The molecule has 0 saturated heterocycles. The Kier molecular flexibility index (Phi) is 2.31. The second kappa shape index (κ2) is 10.2. The van der Waals surface area contributed by atoms with Crippen molar-refractivity contribution in [3.8, 4) is 33.4 Å². The normalized spacial score (nSPS) is 20.2. The van der Waals surface area contributed by atoms with Crippen LogP contribution in [-0.2, 0) is 0 Å². The van der Waals surface area contributed by atoms with E-state index in [0.29, 0.717) is 0 Å². The first-order chi connectivity index (χ1) is 35.0. The van der Waals surface area contributed by atoms with Crippen molar-refractivity contribution >= 4 is 65.0 Å². The zero-order valence-corrected chi connectivity index (χ0v) is 23.4. The van der Waals surface area contributed by atoms with Gasteiger partial charge in [0.1, 0.15) is 11.2 Å². The van der Waals surface area contributed by atoms with E-state index in [1.807, 2.05) is 0 Å². The summed E-state index contributed by atoms with van der Waals surface area (Å²) in [7, 11) is 0. The van der Waals surface area contributed by atoms with E-state index in [-0.39, 0.29) is 0 Å². The van der Waals surface area contributed by atoms with Crippen LogP contribution in [0.15, 0.2) is 174 Å². The zero-order chi connectivity index (χ0) is 55.3. The minimum absolute atomic E-state index is 0.416. The Bertz CT molecular complexity index is 4330. The summed E-state index contributed by atoms with van der Waals surface area (Å²) in [5.74, 6) is 0. The number of benzene rings is 9. The minimum atomic E-state index is -1.08. The van der Waals surface area contributed by atoms with E-state index in [2.05, 4.69) is 0 Å². The molecule has 0 fully saturated rings. The highest BCUT2D eigenvalue weighted by Gasteiger charge is 2.19. The van der Waals surface area contributed by atoms with Crippen LogP contribution in [0.25, 0.3) is 98.4 Å². The van der Waals surface area contributed by atoms with Crippen molar-refractivity contribution in [2.45, 2.75) is 0 Å². The first kappa shape index (κ1) is 10.7. The molecule has 0 radical (unpaired) electrons. The standard InChI is InChI=1S/C46H28O/c1-2-12-29(13-3-1)40-28-33(26-31-15-5-6-16-34(31)40)45-38-20-10-8-18-36(38)44(37-19-9-11-21-39(37)45)32-23-24-42-41(27-32)46-35-17-7-4-14-30(35)22-25-43(46)47-42/h1-28H/i1D,2D,3D,4D,5D,6D,7D,8D,9D,10D,11D,12D,13D,14D,15D,16D,17D,18D,19D,20D,21D,22D,23D,24D,25D,26D,27D,28D. The first-order valence-electron chi connectivity index (χ1n) is 27.9. The molecule has 0 aliphatic rings. The molecule has 0 atom stereocenters. The summed E-state index contributed by atoms with van der Waals surface area (Å²) in [6, 6.07) is -26.3. The maximum absolute atomic E-state index is 9.97. The predicted molar refractivity (Wildman–Crippen MR) is 200 cm³/mol. The highest BCUT2D eigenvalue weighted by atomic mass is 16.3. The summed E-state index contributed by atoms with van der Waals surface area (Å²) in [6.45, 7) is 0. The summed E-state index contributed by atoms with van der Waals surface area (Å²) in [5.41, 5.74) is -6.04. The fourth-order valence-corrected chi connectivity index (χ4v) is 5.83. The van der Waals surface area contributed by atoms with Crippen LogP contribution in [0, 0.1) is 0 Å². The Morgan fingerprint density at radius 1 is 0.340 bits per heavy atom. The lowest BCUT2D eigenvalue weighted by Gasteiger charge is -2.19. The highest BCUT2D eigenvalue weighted by molar-refractivity contribution is 6.24. The van der Waals surface area contributed by atoms with Crippen molar-refractivity contribution in [3.63, 3.8) is 0 Å². The van der Waals surface area contributed by atoms with Gasteiger partial charge in [0, 0.05) is 10.8 Å². The van der Waals surface area contributed by atoms with Gasteiger partial charge in [0.05, 0.1) is 38.4 Å². The van der Waals surface area contributed by atoms with Crippen LogP contribution in [-0.4, -0.2) is 0 Å². The molecule has 0 spiro atoms. The molecule has 0 aliphatic carbocycles. The minimum Gasteiger partial charge on any atom is -0.456 e. The Labute approximate surface area is 311 Å². The molecule has 0 N–H and O–H groups in total. The van der Waals surface area contributed by atoms with Crippen molar-refractivity contribution in [3.05, 3.63) is 169 Å². The fraction of sp³-hybridized carbons (Fsp3) is 0. The molecule has 0 bridgehead atoms. The summed E-state index contributed by atoms with van der Waals surface area (Å²) < 4.78 is 259. The molecule has 218 valence electrons. The van der Waals surface area contributed by atoms with E-state index in [4.69, 9.17) is 30.5 Å². The molecule has 47 heavy (non-hydrogen) atoms. The van der Waals surface area contributed by atoms with Crippen LogP contribution in [0.3, 0.4) is 0 Å². The lowest BCUT2D eigenvalue weighted by molar-refractivity contribution is 0.669. The summed E-state index contributed by atoms with van der Waals surface area (Å²) in [4.78, 5) is 0. The Morgan fingerprint density at radius 2 is 0.894 bits per heavy atom. The average molecular weight is 625 g/mol. The lowest BCUT2D eigenvalue weighted by Crippen LogP contribution is -1.92. The largest absolute Gasteiger partial charge is 0.456 e. The Morgan fingerprint density at radius 3 is 1.60 bits per heavy atom. The SMILES string of the molecule is [2H]c1c([2H])c([2H])c(-c2c([2H])c(-c3c4c([2H])c([2H])c([2H])c([2H])c4c(-c4c([2H])c([2H])c5oc6c([2H])c([2H])c7c([2H])c([2H])c([2H])c([2H])c7c6c5c4[2H])c4c([2H])c([2H])c([2H])c([2H])c34)c([2H])c3c([2H])c([2H])c([2H])c([2H])c23)c([2H])c1[2H]. The number of furan rings is 1. The van der Waals surface area contributed by atoms with Crippen molar-refractivity contribution < 1.29 is 42.8 Å². The third-order valence-corrected chi connectivity index (χ3v) is 7.76. The smallest absolute Gasteiger partial charge is 0.136 e. The van der Waals surface area contributed by atoms with Gasteiger partial charge in [-0.3, -0.25) is 0 Å². The van der Waals surface area contributed by atoms with Gasteiger partial charge < -0.3 is 4.42 Å². The van der Waals surface area contributed by atoms with Gasteiger partial charge in [-0.25, -0.2) is 0 Å². The monoisotopic (exact) mass is 624 g/mol. The molecule has 10 aromatic rings. The second-order valence-corrected chi connectivity index (χ2v) is 10.3. The molecule has 9 aromatic carbocycles. The van der Waals surface area contributed by atoms with Crippen molar-refractivity contribution in [1.29, 1.82) is 0 Å². The van der Waals surface area contributed by atoms with Crippen LogP contribution in [0.2, 0.25) is 0 Å². The van der Waals surface area contributed by atoms with E-state index in [0.717, 1.165) is 0 Å². The third-order valence-electron chi connectivity index (χ3n) is 7.76. The van der Waals surface area contributed by atoms with Crippen molar-refractivity contribution in [1.82, 2.24) is 0 Å². The maximum atomic E-state index is 9.97. The number of hydrogen-bond acceptors (Lipinski definition) is 1. The molecule has 0 amide bonds. The van der Waals surface area contributed by atoms with Gasteiger partial charge in [0.15, 0.2) is 0 Å². The molecule has 1 nitrogen and oxygen atoms in total. The molecule has 10 rings (SSSR count). The first-order valence-corrected chi connectivity index (χ1v) is 13.9. The third kappa shape index (κ3) is 3.97. The molecular weight excluding hydrogens is 569 g/mol. The molecule has 0 unspecified atom stereocenters.